The van der Waals surface area contributed by atoms with E-state index in [9.17, 15) is 31.5 Å². The first-order valence-corrected chi connectivity index (χ1v) is 11.1. The number of halogens is 5. The highest BCUT2D eigenvalue weighted by atomic mass is 19.4. The van der Waals surface area contributed by atoms with E-state index in [1.165, 1.54) is 24.3 Å². The van der Waals surface area contributed by atoms with Crippen LogP contribution in [-0.4, -0.2) is 44.8 Å². The van der Waals surface area contributed by atoms with E-state index in [2.05, 4.69) is 10.3 Å². The molecule has 1 aromatic carbocycles. The number of aromatic nitrogens is 2. The standard InChI is InChI=1S/C24H25F5N4O4/c1-13-9-18(37-11-15-16(25)5-4-6-17(15)26)20-31-14(2)19(33(20)10-13)21(34)30-12-23(3,32-22(35)36)7-8-24(27,28)29/h4-6,9-10,32H,7-8,11-12H2,1-3H3,(H,30,34)(H,35,36). The van der Waals surface area contributed by atoms with Gasteiger partial charge in [-0.15, -0.1) is 0 Å². The van der Waals surface area contributed by atoms with Crippen LogP contribution in [0, 0.1) is 25.5 Å². The molecule has 3 N–H and O–H groups in total. The number of carbonyl (C=O) groups excluding carboxylic acids is 1. The monoisotopic (exact) mass is 528 g/mol. The lowest BCUT2D eigenvalue weighted by Gasteiger charge is -2.30. The zero-order valence-electron chi connectivity index (χ0n) is 20.2. The van der Waals surface area contributed by atoms with E-state index in [0.717, 1.165) is 12.1 Å². The Balaban J connectivity index is 1.86. The van der Waals surface area contributed by atoms with E-state index in [1.807, 2.05) is 5.32 Å². The topological polar surface area (TPSA) is 105 Å². The second-order valence-corrected chi connectivity index (χ2v) is 8.90. The molecule has 2 amide bonds. The van der Waals surface area contributed by atoms with Crippen LogP contribution in [0.5, 0.6) is 5.75 Å². The van der Waals surface area contributed by atoms with Crippen molar-refractivity contribution in [3.63, 3.8) is 0 Å². The Kier molecular flexibility index (Phi) is 7.94. The maximum absolute atomic E-state index is 14.0. The number of benzene rings is 1. The van der Waals surface area contributed by atoms with Crippen LogP contribution < -0.4 is 15.4 Å². The van der Waals surface area contributed by atoms with Gasteiger partial charge in [0.2, 0.25) is 0 Å². The van der Waals surface area contributed by atoms with Crippen LogP contribution >= 0.6 is 0 Å². The van der Waals surface area contributed by atoms with Crippen molar-refractivity contribution in [1.29, 1.82) is 0 Å². The van der Waals surface area contributed by atoms with E-state index < -0.39 is 61.3 Å². The molecule has 0 bridgehead atoms. The molecule has 200 valence electrons. The minimum atomic E-state index is -4.51. The van der Waals surface area contributed by atoms with Gasteiger partial charge in [0.15, 0.2) is 11.4 Å². The average molecular weight is 528 g/mol. The minimum absolute atomic E-state index is 0.0362. The molecule has 3 aromatic rings. The van der Waals surface area contributed by atoms with E-state index >= 15 is 0 Å². The predicted molar refractivity (Wildman–Crippen MR) is 123 cm³/mol. The Hall–Kier alpha value is -3.90. The number of aryl methyl sites for hydroxylation is 2. The van der Waals surface area contributed by atoms with Crippen molar-refractivity contribution in [2.75, 3.05) is 6.54 Å². The number of alkyl halides is 3. The van der Waals surface area contributed by atoms with Crippen molar-refractivity contribution < 1.29 is 41.4 Å². The number of ether oxygens (including phenoxy) is 1. The van der Waals surface area contributed by atoms with Gasteiger partial charge in [-0.3, -0.25) is 9.20 Å². The second-order valence-electron chi connectivity index (χ2n) is 8.90. The van der Waals surface area contributed by atoms with Gasteiger partial charge in [-0.1, -0.05) is 6.07 Å². The summed E-state index contributed by atoms with van der Waals surface area (Å²) in [5.74, 6) is -2.14. The summed E-state index contributed by atoms with van der Waals surface area (Å²) in [6.45, 7) is 3.60. The lowest BCUT2D eigenvalue weighted by atomic mass is 9.95. The van der Waals surface area contributed by atoms with Crippen LogP contribution in [0.2, 0.25) is 0 Å². The molecule has 3 rings (SSSR count). The number of nitrogens with one attached hydrogen (secondary N) is 2. The molecular weight excluding hydrogens is 503 g/mol. The largest absolute Gasteiger partial charge is 0.485 e. The van der Waals surface area contributed by atoms with Crippen LogP contribution in [0.15, 0.2) is 30.5 Å². The molecule has 0 saturated carbocycles. The molecular formula is C24H25F5N4O4. The molecule has 0 saturated heterocycles. The Morgan fingerprint density at radius 3 is 2.38 bits per heavy atom. The number of amides is 2. The molecule has 1 atom stereocenters. The summed E-state index contributed by atoms with van der Waals surface area (Å²) in [6, 6.07) is 4.99. The molecule has 8 nitrogen and oxygen atoms in total. The van der Waals surface area contributed by atoms with Crippen molar-refractivity contribution >= 4 is 17.6 Å². The Bertz CT molecular complexity index is 1300. The summed E-state index contributed by atoms with van der Waals surface area (Å²) in [6.07, 6.45) is -6.33. The molecule has 0 radical (unpaired) electrons. The summed E-state index contributed by atoms with van der Waals surface area (Å²) in [5.41, 5.74) is -0.812. The van der Waals surface area contributed by atoms with Crippen LogP contribution in [-0.2, 0) is 6.61 Å². The molecule has 0 aliphatic rings. The summed E-state index contributed by atoms with van der Waals surface area (Å²) < 4.78 is 73.2. The number of carboxylic acid groups (broad SMARTS) is 1. The number of hydrogen-bond acceptors (Lipinski definition) is 4. The van der Waals surface area contributed by atoms with Gasteiger partial charge in [0.05, 0.1) is 16.8 Å². The molecule has 1 unspecified atom stereocenters. The van der Waals surface area contributed by atoms with Gasteiger partial charge in [-0.2, -0.15) is 13.2 Å². The Morgan fingerprint density at radius 1 is 1.14 bits per heavy atom. The third-order valence-corrected chi connectivity index (χ3v) is 5.65. The normalized spacial score (nSPS) is 13.3. The fourth-order valence-corrected chi connectivity index (χ4v) is 3.79. The molecule has 0 aliphatic carbocycles. The first kappa shape index (κ1) is 27.7. The second kappa shape index (κ2) is 10.6. The third-order valence-electron chi connectivity index (χ3n) is 5.65. The highest BCUT2D eigenvalue weighted by Gasteiger charge is 2.35. The molecule has 0 spiro atoms. The van der Waals surface area contributed by atoms with Crippen LogP contribution in [0.4, 0.5) is 26.7 Å². The van der Waals surface area contributed by atoms with E-state index in [4.69, 9.17) is 9.84 Å². The van der Waals surface area contributed by atoms with Crippen LogP contribution in [0.25, 0.3) is 5.65 Å². The summed E-state index contributed by atoms with van der Waals surface area (Å²) in [5, 5.41) is 13.6. The van der Waals surface area contributed by atoms with Gasteiger partial charge >= 0.3 is 12.3 Å². The van der Waals surface area contributed by atoms with Gasteiger partial charge < -0.3 is 20.5 Å². The number of nitrogens with zero attached hydrogens (tertiary/aromatic N) is 2. The first-order chi connectivity index (χ1) is 17.2. The van der Waals surface area contributed by atoms with E-state index in [-0.39, 0.29) is 28.3 Å². The fourth-order valence-electron chi connectivity index (χ4n) is 3.79. The zero-order valence-corrected chi connectivity index (χ0v) is 20.2. The molecule has 2 heterocycles. The quantitative estimate of drug-likeness (QED) is 0.343. The highest BCUT2D eigenvalue weighted by Crippen LogP contribution is 2.27. The van der Waals surface area contributed by atoms with E-state index in [0.29, 0.717) is 5.56 Å². The minimum Gasteiger partial charge on any atom is -0.485 e. The number of pyridine rings is 1. The van der Waals surface area contributed by atoms with Crippen molar-refractivity contribution in [1.82, 2.24) is 20.0 Å². The SMILES string of the molecule is Cc1cc(OCc2c(F)cccc2F)c2nc(C)c(C(=O)NCC(C)(CCC(F)(F)F)NC(=O)O)n2c1. The van der Waals surface area contributed by atoms with Gasteiger partial charge in [-0.25, -0.2) is 18.6 Å². The maximum atomic E-state index is 14.0. The smallest absolute Gasteiger partial charge is 0.405 e. The van der Waals surface area contributed by atoms with Gasteiger partial charge in [-0.05, 0) is 51.0 Å². The third kappa shape index (κ3) is 6.86. The van der Waals surface area contributed by atoms with Gasteiger partial charge in [0.25, 0.3) is 5.91 Å². The lowest BCUT2D eigenvalue weighted by molar-refractivity contribution is -0.138. The molecule has 0 aliphatic heterocycles. The van der Waals surface area contributed by atoms with Crippen LogP contribution in [0.1, 0.15) is 47.1 Å². The summed E-state index contributed by atoms with van der Waals surface area (Å²) in [7, 11) is 0. The summed E-state index contributed by atoms with van der Waals surface area (Å²) >= 11 is 0. The van der Waals surface area contributed by atoms with Crippen molar-refractivity contribution in [2.45, 2.75) is 51.9 Å². The highest BCUT2D eigenvalue weighted by molar-refractivity contribution is 5.95. The number of fused-ring (bicyclic) bond motifs is 1. The predicted octanol–water partition coefficient (Wildman–Crippen LogP) is 4.91. The Labute approximate surface area is 208 Å². The lowest BCUT2D eigenvalue weighted by Crippen LogP contribution is -2.53. The molecule has 37 heavy (non-hydrogen) atoms. The van der Waals surface area contributed by atoms with Crippen molar-refractivity contribution in [2.24, 2.45) is 0 Å². The van der Waals surface area contributed by atoms with Crippen molar-refractivity contribution in [3.05, 3.63) is 64.6 Å². The number of hydrogen-bond donors (Lipinski definition) is 3. The fraction of sp³-hybridized carbons (Fsp3) is 0.375. The van der Waals surface area contributed by atoms with Gasteiger partial charge in [0, 0.05) is 19.2 Å². The molecule has 13 heteroatoms. The Morgan fingerprint density at radius 2 is 1.78 bits per heavy atom. The number of imidazole rings is 1. The zero-order chi connectivity index (χ0) is 27.5. The van der Waals surface area contributed by atoms with E-state index in [1.54, 1.807) is 19.2 Å². The molecule has 0 fully saturated rings. The maximum Gasteiger partial charge on any atom is 0.405 e. The summed E-state index contributed by atoms with van der Waals surface area (Å²) in [4.78, 5) is 28.5. The average Bonchev–Trinajstić information content (AvgIpc) is 3.10. The number of rotatable bonds is 9. The van der Waals surface area contributed by atoms with Crippen molar-refractivity contribution in [3.8, 4) is 5.75 Å². The van der Waals surface area contributed by atoms with Gasteiger partial charge in [0.1, 0.15) is 23.9 Å². The molecule has 2 aromatic heterocycles. The van der Waals surface area contributed by atoms with Crippen LogP contribution in [0.3, 0.4) is 0 Å². The first-order valence-electron chi connectivity index (χ1n) is 11.1. The number of carbonyl (C=O) groups is 2.